The van der Waals surface area contributed by atoms with Crippen molar-refractivity contribution in [3.05, 3.63) is 192 Å². The Morgan fingerprint density at radius 3 is 1.48 bits per heavy atom. The van der Waals surface area contributed by atoms with E-state index >= 15 is 0 Å². The molecule has 4 nitrogen and oxygen atoms in total. The predicted molar refractivity (Wildman–Crippen MR) is 201 cm³/mol. The molecule has 50 heavy (non-hydrogen) atoms. The van der Waals surface area contributed by atoms with Gasteiger partial charge in [0, 0.05) is 38.2 Å². The monoisotopic (exact) mass is 656 g/mol. The number of nitrogens with zero attached hydrogens (tertiary/aromatic N) is 4. The van der Waals surface area contributed by atoms with E-state index < -0.39 is 5.41 Å². The van der Waals surface area contributed by atoms with E-state index in [2.05, 4.69) is 103 Å². The molecule has 0 amide bonds. The third kappa shape index (κ3) is 4.40. The van der Waals surface area contributed by atoms with E-state index in [0.717, 1.165) is 27.9 Å². The van der Waals surface area contributed by atoms with E-state index in [-0.39, 0.29) is 0 Å². The average molecular weight is 657 g/mol. The number of pyridine rings is 1. The fraction of sp³-hybridized carbons (Fsp3) is 0.0222. The van der Waals surface area contributed by atoms with Crippen LogP contribution in [0.4, 0.5) is 0 Å². The van der Waals surface area contributed by atoms with Gasteiger partial charge in [0.25, 0.3) is 0 Å². The van der Waals surface area contributed by atoms with Crippen LogP contribution in [0.1, 0.15) is 22.3 Å². The Morgan fingerprint density at radius 2 is 0.880 bits per heavy atom. The molecule has 0 bridgehead atoms. The Kier molecular flexibility index (Phi) is 6.61. The highest BCUT2D eigenvalue weighted by Crippen LogP contribution is 2.62. The second-order valence-corrected chi connectivity index (χ2v) is 13.7. The third-order valence-electron chi connectivity index (χ3n) is 9.86. The molecule has 1 aliphatic heterocycles. The summed E-state index contributed by atoms with van der Waals surface area (Å²) >= 11 is 1.85. The van der Waals surface area contributed by atoms with Crippen molar-refractivity contribution >= 4 is 11.8 Å². The smallest absolute Gasteiger partial charge is 0.165 e. The molecule has 0 saturated carbocycles. The van der Waals surface area contributed by atoms with Crippen molar-refractivity contribution in [2.24, 2.45) is 0 Å². The largest absolute Gasteiger partial charge is 0.255 e. The van der Waals surface area contributed by atoms with Gasteiger partial charge in [0.2, 0.25) is 0 Å². The van der Waals surface area contributed by atoms with Gasteiger partial charge < -0.3 is 0 Å². The minimum atomic E-state index is -0.424. The van der Waals surface area contributed by atoms with Crippen molar-refractivity contribution in [3.8, 4) is 56.5 Å². The molecule has 0 unspecified atom stereocenters. The Morgan fingerprint density at radius 1 is 0.380 bits per heavy atom. The highest BCUT2D eigenvalue weighted by molar-refractivity contribution is 7.99. The maximum atomic E-state index is 5.02. The summed E-state index contributed by atoms with van der Waals surface area (Å²) in [7, 11) is 0. The summed E-state index contributed by atoms with van der Waals surface area (Å²) in [5.74, 6) is 1.86. The zero-order valence-electron chi connectivity index (χ0n) is 26.9. The lowest BCUT2D eigenvalue weighted by Gasteiger charge is -2.39. The van der Waals surface area contributed by atoms with Gasteiger partial charge in [-0.1, -0.05) is 145 Å². The molecule has 8 aromatic rings. The molecular formula is C45H28N4S. The van der Waals surface area contributed by atoms with Crippen molar-refractivity contribution in [2.75, 3.05) is 0 Å². The van der Waals surface area contributed by atoms with Gasteiger partial charge in [0.15, 0.2) is 17.5 Å². The summed E-state index contributed by atoms with van der Waals surface area (Å²) in [6.45, 7) is 0. The van der Waals surface area contributed by atoms with Crippen molar-refractivity contribution < 1.29 is 0 Å². The van der Waals surface area contributed by atoms with Crippen LogP contribution in [0.2, 0.25) is 0 Å². The molecule has 2 aromatic heterocycles. The van der Waals surface area contributed by atoms with Crippen LogP contribution in [0, 0.1) is 0 Å². The van der Waals surface area contributed by atoms with Crippen LogP contribution in [-0.4, -0.2) is 19.9 Å². The lowest BCUT2D eigenvalue weighted by Crippen LogP contribution is -2.32. The molecule has 234 valence electrons. The van der Waals surface area contributed by atoms with Gasteiger partial charge in [-0.3, -0.25) is 4.98 Å². The first kappa shape index (κ1) is 28.8. The number of hydrogen-bond donors (Lipinski definition) is 0. The van der Waals surface area contributed by atoms with Crippen LogP contribution in [0.25, 0.3) is 56.5 Å². The van der Waals surface area contributed by atoms with Gasteiger partial charge in [0.1, 0.15) is 0 Å². The maximum absolute atomic E-state index is 5.02. The lowest BCUT2D eigenvalue weighted by molar-refractivity contribution is 0.722. The fourth-order valence-electron chi connectivity index (χ4n) is 7.65. The minimum absolute atomic E-state index is 0.424. The molecule has 0 fully saturated rings. The minimum Gasteiger partial charge on any atom is -0.255 e. The first-order valence-corrected chi connectivity index (χ1v) is 17.5. The second-order valence-electron chi connectivity index (χ2n) is 12.6. The van der Waals surface area contributed by atoms with E-state index in [0.29, 0.717) is 17.5 Å². The first-order valence-electron chi connectivity index (χ1n) is 16.7. The zero-order chi connectivity index (χ0) is 33.1. The molecule has 10 rings (SSSR count). The molecule has 0 N–H and O–H groups in total. The Bertz CT molecular complexity index is 2460. The average Bonchev–Trinajstić information content (AvgIpc) is 3.49. The van der Waals surface area contributed by atoms with Crippen molar-refractivity contribution in [2.45, 2.75) is 15.2 Å². The fourth-order valence-corrected chi connectivity index (χ4v) is 8.82. The molecule has 0 radical (unpaired) electrons. The number of benzene rings is 6. The summed E-state index contributed by atoms with van der Waals surface area (Å²) in [6.07, 6.45) is 1.88. The molecule has 5 heteroatoms. The normalized spacial score (nSPS) is 13.3. The Balaban J connectivity index is 1.11. The van der Waals surface area contributed by atoms with Gasteiger partial charge in [-0.2, -0.15) is 0 Å². The Hall–Kier alpha value is -6.17. The Labute approximate surface area is 294 Å². The molecule has 2 aliphatic rings. The van der Waals surface area contributed by atoms with Crippen LogP contribution in [-0.2, 0) is 5.41 Å². The highest BCUT2D eigenvalue weighted by atomic mass is 32.2. The first-order chi connectivity index (χ1) is 24.8. The standard InChI is InChI=1S/C45H28N4S/c1-3-13-29(14-4-1)42-47-43(30-15-5-2-6-16-30)49-44(48-42)32-23-25-39(46-28-32)31-24-26-41-38(27-31)45(37-21-11-12-22-40(37)50-41)35-19-9-7-17-33(35)34-18-8-10-20-36(34)45/h1-28H. The number of rotatable bonds is 4. The number of hydrogen-bond acceptors (Lipinski definition) is 5. The summed E-state index contributed by atoms with van der Waals surface area (Å²) in [6, 6.07) is 57.8. The summed E-state index contributed by atoms with van der Waals surface area (Å²) in [5, 5.41) is 0. The van der Waals surface area contributed by atoms with Crippen LogP contribution < -0.4 is 0 Å². The molecule has 6 aromatic carbocycles. The summed E-state index contributed by atoms with van der Waals surface area (Å²) < 4.78 is 0. The van der Waals surface area contributed by atoms with Gasteiger partial charge in [0.05, 0.1) is 11.1 Å². The quantitative estimate of drug-likeness (QED) is 0.189. The van der Waals surface area contributed by atoms with Crippen molar-refractivity contribution in [1.29, 1.82) is 0 Å². The SMILES string of the molecule is c1ccc(-c2nc(-c3ccccc3)nc(-c3ccc(-c4ccc5c(c4)C4(c6ccccc6S5)c5ccccc5-c5ccccc54)nc3)n2)cc1. The van der Waals surface area contributed by atoms with Crippen LogP contribution in [0.5, 0.6) is 0 Å². The van der Waals surface area contributed by atoms with E-state index in [1.807, 2.05) is 78.6 Å². The summed E-state index contributed by atoms with van der Waals surface area (Å²) in [5.41, 5.74) is 12.1. The lowest BCUT2D eigenvalue weighted by atomic mass is 9.67. The topological polar surface area (TPSA) is 51.6 Å². The van der Waals surface area contributed by atoms with E-state index in [9.17, 15) is 0 Å². The van der Waals surface area contributed by atoms with Gasteiger partial charge in [-0.15, -0.1) is 0 Å². The molecule has 1 aliphatic carbocycles. The summed E-state index contributed by atoms with van der Waals surface area (Å²) in [4.78, 5) is 22.2. The van der Waals surface area contributed by atoms with Crippen LogP contribution in [0.15, 0.2) is 180 Å². The van der Waals surface area contributed by atoms with E-state index in [1.165, 1.54) is 43.2 Å². The maximum Gasteiger partial charge on any atom is 0.165 e. The van der Waals surface area contributed by atoms with Crippen LogP contribution in [0.3, 0.4) is 0 Å². The van der Waals surface area contributed by atoms with Crippen LogP contribution >= 0.6 is 11.8 Å². The number of fused-ring (bicyclic) bond motifs is 9. The third-order valence-corrected chi connectivity index (χ3v) is 11.0. The molecule has 1 spiro atoms. The second kappa shape index (κ2) is 11.5. The highest BCUT2D eigenvalue weighted by Gasteiger charge is 2.50. The number of aromatic nitrogens is 4. The zero-order valence-corrected chi connectivity index (χ0v) is 27.7. The molecule has 0 atom stereocenters. The molecular weight excluding hydrogens is 629 g/mol. The van der Waals surface area contributed by atoms with E-state index in [1.54, 1.807) is 0 Å². The van der Waals surface area contributed by atoms with Crippen molar-refractivity contribution in [1.82, 2.24) is 19.9 Å². The predicted octanol–water partition coefficient (Wildman–Crippen LogP) is 10.8. The van der Waals surface area contributed by atoms with E-state index in [4.69, 9.17) is 19.9 Å². The van der Waals surface area contributed by atoms with Gasteiger partial charge >= 0.3 is 0 Å². The molecule has 3 heterocycles. The van der Waals surface area contributed by atoms with Gasteiger partial charge in [-0.25, -0.2) is 15.0 Å². The molecule has 0 saturated heterocycles. The van der Waals surface area contributed by atoms with Gasteiger partial charge in [-0.05, 0) is 63.7 Å². The van der Waals surface area contributed by atoms with Crippen molar-refractivity contribution in [3.63, 3.8) is 0 Å².